The van der Waals surface area contributed by atoms with Gasteiger partial charge in [-0.15, -0.1) is 0 Å². The maximum Gasteiger partial charge on any atom is 0.267 e. The van der Waals surface area contributed by atoms with Crippen LogP contribution in [-0.4, -0.2) is 47.1 Å². The summed E-state index contributed by atoms with van der Waals surface area (Å²) >= 11 is 3.27. The number of piperazine rings is 1. The van der Waals surface area contributed by atoms with Crippen molar-refractivity contribution in [1.82, 2.24) is 14.9 Å². The van der Waals surface area contributed by atoms with Crippen LogP contribution in [0.1, 0.15) is 13.3 Å². The zero-order chi connectivity index (χ0) is 13.8. The Labute approximate surface area is 120 Å². The molecule has 2 heterocycles. The van der Waals surface area contributed by atoms with Crippen LogP contribution in [0.5, 0.6) is 0 Å². The summed E-state index contributed by atoms with van der Waals surface area (Å²) in [5, 5.41) is 9.07. The van der Waals surface area contributed by atoms with Crippen molar-refractivity contribution in [3.05, 3.63) is 21.2 Å². The lowest BCUT2D eigenvalue weighted by Gasteiger charge is -2.37. The predicted octanol–water partition coefficient (Wildman–Crippen LogP) is 0.957. The van der Waals surface area contributed by atoms with Crippen molar-refractivity contribution in [2.24, 2.45) is 0 Å². The summed E-state index contributed by atoms with van der Waals surface area (Å²) in [6, 6.07) is 2.31. The summed E-state index contributed by atoms with van der Waals surface area (Å²) in [6.07, 6.45) is 2.25. The molecule has 19 heavy (non-hydrogen) atoms. The molecule has 6 nitrogen and oxygen atoms in total. The molecular formula is C12H16BrN5O. The molecule has 7 heteroatoms. The van der Waals surface area contributed by atoms with Gasteiger partial charge in [0.05, 0.1) is 18.4 Å². The molecule has 1 atom stereocenters. The van der Waals surface area contributed by atoms with Crippen LogP contribution in [0.2, 0.25) is 0 Å². The highest BCUT2D eigenvalue weighted by Gasteiger charge is 2.24. The van der Waals surface area contributed by atoms with Crippen LogP contribution in [0.4, 0.5) is 5.82 Å². The topological polar surface area (TPSA) is 76.0 Å². The smallest absolute Gasteiger partial charge is 0.267 e. The average Bonchev–Trinajstić information content (AvgIpc) is 2.44. The van der Waals surface area contributed by atoms with Gasteiger partial charge in [-0.2, -0.15) is 5.26 Å². The number of aromatic amines is 1. The highest BCUT2D eigenvalue weighted by atomic mass is 79.9. The molecule has 1 aromatic heterocycles. The Hall–Kier alpha value is -1.39. The van der Waals surface area contributed by atoms with E-state index < -0.39 is 0 Å². The Morgan fingerprint density at radius 2 is 2.21 bits per heavy atom. The minimum absolute atomic E-state index is 0.0160. The predicted molar refractivity (Wildman–Crippen MR) is 76.0 cm³/mol. The Bertz CT molecular complexity index is 530. The fraction of sp³-hybridized carbons (Fsp3) is 0.583. The van der Waals surface area contributed by atoms with Crippen molar-refractivity contribution in [2.45, 2.75) is 19.4 Å². The second-order valence-corrected chi connectivity index (χ2v) is 5.24. The quantitative estimate of drug-likeness (QED) is 0.895. The summed E-state index contributed by atoms with van der Waals surface area (Å²) in [4.78, 5) is 22.5. The molecule has 1 aliphatic rings. The van der Waals surface area contributed by atoms with Crippen molar-refractivity contribution in [1.29, 1.82) is 5.26 Å². The number of nitriles is 1. The van der Waals surface area contributed by atoms with E-state index in [0.29, 0.717) is 10.3 Å². The zero-order valence-corrected chi connectivity index (χ0v) is 12.4. The monoisotopic (exact) mass is 325 g/mol. The molecule has 1 fully saturated rings. The first-order valence-corrected chi connectivity index (χ1v) is 7.08. The number of hydrogen-bond donors (Lipinski definition) is 1. The first kappa shape index (κ1) is 14.0. The van der Waals surface area contributed by atoms with Crippen LogP contribution < -0.4 is 10.5 Å². The van der Waals surface area contributed by atoms with Gasteiger partial charge in [0.25, 0.3) is 5.56 Å². The fourth-order valence-electron chi connectivity index (χ4n) is 2.27. The van der Waals surface area contributed by atoms with E-state index in [2.05, 4.69) is 41.8 Å². The second kappa shape index (κ2) is 6.17. The third-order valence-electron chi connectivity index (χ3n) is 3.37. The first-order valence-electron chi connectivity index (χ1n) is 6.29. The van der Waals surface area contributed by atoms with E-state index in [4.69, 9.17) is 5.26 Å². The molecule has 0 radical (unpaired) electrons. The minimum atomic E-state index is -0.170. The lowest BCUT2D eigenvalue weighted by molar-refractivity contribution is 0.216. The molecule has 0 aromatic carbocycles. The molecule has 0 amide bonds. The van der Waals surface area contributed by atoms with Crippen LogP contribution in [0.15, 0.2) is 15.6 Å². The zero-order valence-electron chi connectivity index (χ0n) is 10.8. The third-order valence-corrected chi connectivity index (χ3v) is 4.08. The van der Waals surface area contributed by atoms with Crippen molar-refractivity contribution < 1.29 is 0 Å². The molecule has 0 saturated carbocycles. The van der Waals surface area contributed by atoms with E-state index >= 15 is 0 Å². The molecule has 2 rings (SSSR count). The van der Waals surface area contributed by atoms with Gasteiger partial charge in [-0.3, -0.25) is 9.69 Å². The van der Waals surface area contributed by atoms with E-state index in [1.165, 1.54) is 6.33 Å². The van der Waals surface area contributed by atoms with Crippen molar-refractivity contribution >= 4 is 21.7 Å². The number of H-pyrrole nitrogens is 1. The number of nitrogens with one attached hydrogen (secondary N) is 1. The van der Waals surface area contributed by atoms with Gasteiger partial charge in [0, 0.05) is 26.2 Å². The van der Waals surface area contributed by atoms with Gasteiger partial charge >= 0.3 is 0 Å². The third kappa shape index (κ3) is 2.96. The van der Waals surface area contributed by atoms with Crippen LogP contribution in [0.25, 0.3) is 0 Å². The average molecular weight is 326 g/mol. The molecular weight excluding hydrogens is 310 g/mol. The van der Waals surface area contributed by atoms with E-state index in [0.717, 1.165) is 32.6 Å². The standard InChI is InChI=1S/C12H16BrN5O/c1-2-9(7-14)17-3-5-18(6-4-17)11-10(13)12(19)16-8-15-11/h8-9H,2-6H2,1H3,(H,15,16,19). The van der Waals surface area contributed by atoms with E-state index in [9.17, 15) is 4.79 Å². The number of halogens is 1. The molecule has 102 valence electrons. The van der Waals surface area contributed by atoms with E-state index in [1.54, 1.807) is 0 Å². The summed E-state index contributed by atoms with van der Waals surface area (Å²) < 4.78 is 0.468. The van der Waals surface area contributed by atoms with Crippen molar-refractivity contribution in [3.63, 3.8) is 0 Å². The Morgan fingerprint density at radius 1 is 1.53 bits per heavy atom. The molecule has 1 aliphatic heterocycles. The molecule has 0 bridgehead atoms. The highest BCUT2D eigenvalue weighted by molar-refractivity contribution is 9.10. The molecule has 0 aliphatic carbocycles. The van der Waals surface area contributed by atoms with Crippen LogP contribution >= 0.6 is 15.9 Å². The number of nitrogens with zero attached hydrogens (tertiary/aromatic N) is 4. The SMILES string of the molecule is CCC(C#N)N1CCN(c2nc[nH]c(=O)c2Br)CC1. The highest BCUT2D eigenvalue weighted by Crippen LogP contribution is 2.21. The number of anilines is 1. The molecule has 1 saturated heterocycles. The molecule has 0 spiro atoms. The molecule has 1 aromatic rings. The molecule has 1 unspecified atom stereocenters. The van der Waals surface area contributed by atoms with Crippen molar-refractivity contribution in [3.8, 4) is 6.07 Å². The van der Waals surface area contributed by atoms with Gasteiger partial charge < -0.3 is 9.88 Å². The Morgan fingerprint density at radius 3 is 2.79 bits per heavy atom. The lowest BCUT2D eigenvalue weighted by Crippen LogP contribution is -2.50. The van der Waals surface area contributed by atoms with Crippen LogP contribution in [0.3, 0.4) is 0 Å². The van der Waals surface area contributed by atoms with Gasteiger partial charge in [0.1, 0.15) is 10.3 Å². The lowest BCUT2D eigenvalue weighted by atomic mass is 10.2. The van der Waals surface area contributed by atoms with E-state index in [-0.39, 0.29) is 11.6 Å². The Balaban J connectivity index is 2.06. The Kier molecular flexibility index (Phi) is 4.56. The van der Waals surface area contributed by atoms with Crippen LogP contribution in [0, 0.1) is 11.3 Å². The maximum atomic E-state index is 11.5. The fourth-order valence-corrected chi connectivity index (χ4v) is 2.74. The van der Waals surface area contributed by atoms with Gasteiger partial charge in [-0.05, 0) is 22.4 Å². The minimum Gasteiger partial charge on any atom is -0.353 e. The number of aromatic nitrogens is 2. The number of hydrogen-bond acceptors (Lipinski definition) is 5. The summed E-state index contributed by atoms with van der Waals surface area (Å²) in [7, 11) is 0. The summed E-state index contributed by atoms with van der Waals surface area (Å²) in [5.41, 5.74) is -0.170. The van der Waals surface area contributed by atoms with Gasteiger partial charge in [0.2, 0.25) is 0 Å². The summed E-state index contributed by atoms with van der Waals surface area (Å²) in [6.45, 7) is 5.19. The molecule has 1 N–H and O–H groups in total. The van der Waals surface area contributed by atoms with Gasteiger partial charge in [0.15, 0.2) is 0 Å². The van der Waals surface area contributed by atoms with Crippen molar-refractivity contribution in [2.75, 3.05) is 31.1 Å². The van der Waals surface area contributed by atoms with Crippen LogP contribution in [-0.2, 0) is 0 Å². The first-order chi connectivity index (χ1) is 9.17. The summed E-state index contributed by atoms with van der Waals surface area (Å²) in [5.74, 6) is 0.674. The second-order valence-electron chi connectivity index (χ2n) is 4.45. The van der Waals surface area contributed by atoms with Gasteiger partial charge in [-0.1, -0.05) is 6.92 Å². The maximum absolute atomic E-state index is 11.5. The van der Waals surface area contributed by atoms with Gasteiger partial charge in [-0.25, -0.2) is 4.98 Å². The normalized spacial score (nSPS) is 18.1. The number of rotatable bonds is 3. The largest absolute Gasteiger partial charge is 0.353 e. The van der Waals surface area contributed by atoms with E-state index in [1.807, 2.05) is 6.92 Å².